The predicted molar refractivity (Wildman–Crippen MR) is 64.9 cm³/mol. The fraction of sp³-hybridized carbons (Fsp3) is 0.500. The number of fused-ring (bicyclic) bond motifs is 1. The van der Waals surface area contributed by atoms with Crippen molar-refractivity contribution in [3.8, 4) is 11.5 Å². The molecule has 0 atom stereocenters. The van der Waals surface area contributed by atoms with E-state index in [2.05, 4.69) is 0 Å². The van der Waals surface area contributed by atoms with Crippen molar-refractivity contribution in [2.45, 2.75) is 44.3 Å². The van der Waals surface area contributed by atoms with Gasteiger partial charge in [-0.2, -0.15) is 0 Å². The summed E-state index contributed by atoms with van der Waals surface area (Å²) in [5, 5.41) is 8.68. The Morgan fingerprint density at radius 2 is 1.94 bits per heavy atom. The number of ether oxygens (including phenoxy) is 2. The Labute approximate surface area is 106 Å². The van der Waals surface area contributed by atoms with E-state index in [1.807, 2.05) is 18.2 Å². The summed E-state index contributed by atoms with van der Waals surface area (Å²) in [6, 6.07) is 5.71. The molecule has 1 aliphatic carbocycles. The Balaban J connectivity index is 1.76. The number of carboxylic acid groups (broad SMARTS) is 1. The largest absolute Gasteiger partial charge is 0.481 e. The van der Waals surface area contributed by atoms with Gasteiger partial charge < -0.3 is 14.6 Å². The van der Waals surface area contributed by atoms with Gasteiger partial charge in [-0.05, 0) is 37.0 Å². The highest BCUT2D eigenvalue weighted by atomic mass is 16.7. The van der Waals surface area contributed by atoms with Crippen molar-refractivity contribution in [2.75, 3.05) is 0 Å². The average Bonchev–Trinajstić information content (AvgIpc) is 2.92. The lowest BCUT2D eigenvalue weighted by Crippen LogP contribution is -2.34. The third-order valence-electron chi connectivity index (χ3n) is 3.59. The van der Waals surface area contributed by atoms with Crippen LogP contribution in [0.3, 0.4) is 0 Å². The van der Waals surface area contributed by atoms with Gasteiger partial charge in [0.05, 0.1) is 0 Å². The highest BCUT2D eigenvalue weighted by Crippen LogP contribution is 2.46. The summed E-state index contributed by atoms with van der Waals surface area (Å²) in [5.41, 5.74) is 0.981. The smallest absolute Gasteiger partial charge is 0.303 e. The molecule has 1 aromatic carbocycles. The van der Waals surface area contributed by atoms with Crippen molar-refractivity contribution >= 4 is 5.97 Å². The monoisotopic (exact) mass is 248 g/mol. The number of carbonyl (C=O) groups is 1. The molecule has 0 unspecified atom stereocenters. The van der Waals surface area contributed by atoms with Gasteiger partial charge in [0.25, 0.3) is 5.79 Å². The normalized spacial score (nSPS) is 19.3. The summed E-state index contributed by atoms with van der Waals surface area (Å²) < 4.78 is 11.8. The van der Waals surface area contributed by atoms with E-state index in [4.69, 9.17) is 14.6 Å². The zero-order valence-corrected chi connectivity index (χ0v) is 10.1. The molecule has 0 amide bonds. The minimum Gasteiger partial charge on any atom is -0.481 e. The highest BCUT2D eigenvalue weighted by molar-refractivity contribution is 5.67. The fourth-order valence-electron chi connectivity index (χ4n) is 2.66. The number of hydrogen-bond donors (Lipinski definition) is 1. The second-order valence-electron chi connectivity index (χ2n) is 5.00. The SMILES string of the molecule is O=C(O)CCc1ccc2c(c1)OC1(CCCC1)O2. The number of benzene rings is 1. The van der Waals surface area contributed by atoms with Crippen LogP contribution in [0.2, 0.25) is 0 Å². The number of rotatable bonds is 3. The number of aryl methyl sites for hydroxylation is 1. The molecule has 1 spiro atoms. The van der Waals surface area contributed by atoms with E-state index in [-0.39, 0.29) is 6.42 Å². The van der Waals surface area contributed by atoms with Gasteiger partial charge in [-0.25, -0.2) is 0 Å². The molecule has 0 saturated heterocycles. The van der Waals surface area contributed by atoms with E-state index in [1.54, 1.807) is 0 Å². The van der Waals surface area contributed by atoms with Gasteiger partial charge in [0.2, 0.25) is 0 Å². The molecule has 96 valence electrons. The molecule has 1 N–H and O–H groups in total. The van der Waals surface area contributed by atoms with Gasteiger partial charge in [0.1, 0.15) is 0 Å². The van der Waals surface area contributed by atoms with Gasteiger partial charge in [0, 0.05) is 19.3 Å². The van der Waals surface area contributed by atoms with Crippen molar-refractivity contribution < 1.29 is 19.4 Å². The maximum atomic E-state index is 10.6. The van der Waals surface area contributed by atoms with Crippen molar-refractivity contribution in [1.82, 2.24) is 0 Å². The molecule has 1 saturated carbocycles. The summed E-state index contributed by atoms with van der Waals surface area (Å²) >= 11 is 0. The molecule has 1 aliphatic heterocycles. The Morgan fingerprint density at radius 3 is 2.67 bits per heavy atom. The van der Waals surface area contributed by atoms with Crippen LogP contribution in [-0.4, -0.2) is 16.9 Å². The topological polar surface area (TPSA) is 55.8 Å². The average molecular weight is 248 g/mol. The minimum absolute atomic E-state index is 0.144. The van der Waals surface area contributed by atoms with Crippen LogP contribution in [0.4, 0.5) is 0 Å². The lowest BCUT2D eigenvalue weighted by molar-refractivity contribution is -0.136. The van der Waals surface area contributed by atoms with Crippen LogP contribution >= 0.6 is 0 Å². The van der Waals surface area contributed by atoms with Crippen LogP contribution in [0.15, 0.2) is 18.2 Å². The van der Waals surface area contributed by atoms with E-state index in [0.29, 0.717) is 6.42 Å². The van der Waals surface area contributed by atoms with Crippen molar-refractivity contribution in [2.24, 2.45) is 0 Å². The minimum atomic E-state index is -0.778. The second kappa shape index (κ2) is 4.19. The second-order valence-corrected chi connectivity index (χ2v) is 5.00. The third-order valence-corrected chi connectivity index (χ3v) is 3.59. The summed E-state index contributed by atoms with van der Waals surface area (Å²) in [7, 11) is 0. The third kappa shape index (κ3) is 2.03. The Kier molecular flexibility index (Phi) is 2.65. The number of carboxylic acids is 1. The Hall–Kier alpha value is -1.71. The molecule has 4 heteroatoms. The molecule has 18 heavy (non-hydrogen) atoms. The molecule has 2 aliphatic rings. The van der Waals surface area contributed by atoms with E-state index in [0.717, 1.165) is 42.7 Å². The lowest BCUT2D eigenvalue weighted by Gasteiger charge is -2.21. The maximum absolute atomic E-state index is 10.6. The summed E-state index contributed by atoms with van der Waals surface area (Å²) in [6.45, 7) is 0. The molecular weight excluding hydrogens is 232 g/mol. The predicted octanol–water partition coefficient (Wildman–Crippen LogP) is 2.75. The van der Waals surface area contributed by atoms with Crippen LogP contribution in [0.25, 0.3) is 0 Å². The number of hydrogen-bond acceptors (Lipinski definition) is 3. The maximum Gasteiger partial charge on any atom is 0.303 e. The first kappa shape index (κ1) is 11.4. The molecule has 1 heterocycles. The summed E-state index contributed by atoms with van der Waals surface area (Å²) in [6.07, 6.45) is 4.82. The van der Waals surface area contributed by atoms with E-state index < -0.39 is 11.8 Å². The van der Waals surface area contributed by atoms with Gasteiger partial charge in [0.15, 0.2) is 11.5 Å². The Bertz CT molecular complexity index is 475. The quantitative estimate of drug-likeness (QED) is 0.893. The van der Waals surface area contributed by atoms with Crippen molar-refractivity contribution in [1.29, 1.82) is 0 Å². The van der Waals surface area contributed by atoms with Gasteiger partial charge in [-0.15, -0.1) is 0 Å². The standard InChI is InChI=1S/C14H16O4/c15-13(16)6-4-10-3-5-11-12(9-10)18-14(17-11)7-1-2-8-14/h3,5,9H,1-2,4,6-8H2,(H,15,16). The summed E-state index contributed by atoms with van der Waals surface area (Å²) in [5.74, 6) is 0.337. The lowest BCUT2D eigenvalue weighted by atomic mass is 10.1. The molecule has 0 aromatic heterocycles. The molecule has 0 bridgehead atoms. The van der Waals surface area contributed by atoms with Crippen LogP contribution in [0.5, 0.6) is 11.5 Å². The van der Waals surface area contributed by atoms with Crippen LogP contribution in [0, 0.1) is 0 Å². The first-order chi connectivity index (χ1) is 8.67. The first-order valence-electron chi connectivity index (χ1n) is 6.40. The molecule has 4 nitrogen and oxygen atoms in total. The van der Waals surface area contributed by atoms with Gasteiger partial charge >= 0.3 is 5.97 Å². The molecule has 1 fully saturated rings. The first-order valence-corrected chi connectivity index (χ1v) is 6.40. The molecular formula is C14H16O4. The zero-order valence-electron chi connectivity index (χ0n) is 10.1. The Morgan fingerprint density at radius 1 is 1.22 bits per heavy atom. The number of aliphatic carboxylic acids is 1. The highest BCUT2D eigenvalue weighted by Gasteiger charge is 2.43. The van der Waals surface area contributed by atoms with E-state index in [1.165, 1.54) is 0 Å². The fourth-order valence-corrected chi connectivity index (χ4v) is 2.66. The van der Waals surface area contributed by atoms with Crippen LogP contribution in [0.1, 0.15) is 37.7 Å². The molecule has 1 aromatic rings. The van der Waals surface area contributed by atoms with Crippen LogP contribution < -0.4 is 9.47 Å². The van der Waals surface area contributed by atoms with Crippen molar-refractivity contribution in [3.63, 3.8) is 0 Å². The van der Waals surface area contributed by atoms with E-state index >= 15 is 0 Å². The van der Waals surface area contributed by atoms with Crippen molar-refractivity contribution in [3.05, 3.63) is 23.8 Å². The van der Waals surface area contributed by atoms with E-state index in [9.17, 15) is 4.79 Å². The zero-order chi connectivity index (χ0) is 12.6. The molecule has 0 radical (unpaired) electrons. The molecule has 3 rings (SSSR count). The van der Waals surface area contributed by atoms with Crippen LogP contribution in [-0.2, 0) is 11.2 Å². The van der Waals surface area contributed by atoms with Gasteiger partial charge in [-0.3, -0.25) is 4.79 Å². The van der Waals surface area contributed by atoms with Gasteiger partial charge in [-0.1, -0.05) is 6.07 Å². The summed E-state index contributed by atoms with van der Waals surface area (Å²) in [4.78, 5) is 10.6.